The lowest BCUT2D eigenvalue weighted by molar-refractivity contribution is 0.103. The minimum atomic E-state index is -0.178. The number of aromatic nitrogens is 2. The Morgan fingerprint density at radius 3 is 2.88 bits per heavy atom. The molecule has 2 aromatic heterocycles. The van der Waals surface area contributed by atoms with Gasteiger partial charge >= 0.3 is 0 Å². The van der Waals surface area contributed by atoms with Crippen LogP contribution in [0.15, 0.2) is 53.5 Å². The van der Waals surface area contributed by atoms with E-state index in [0.29, 0.717) is 16.8 Å². The minimum Gasteiger partial charge on any atom is -0.464 e. The van der Waals surface area contributed by atoms with Crippen molar-refractivity contribution in [1.29, 1.82) is 0 Å². The Bertz CT molecular complexity index is 674. The van der Waals surface area contributed by atoms with Gasteiger partial charge in [0.25, 0.3) is 0 Å². The van der Waals surface area contributed by atoms with Crippen LogP contribution in [0.25, 0.3) is 11.0 Å². The second-order valence-electron chi connectivity index (χ2n) is 3.57. The third kappa shape index (κ3) is 1.59. The van der Waals surface area contributed by atoms with E-state index in [-0.39, 0.29) is 5.78 Å². The summed E-state index contributed by atoms with van der Waals surface area (Å²) in [5, 5.41) is 0.795. The zero-order valence-corrected chi connectivity index (χ0v) is 8.83. The molecule has 0 saturated carbocycles. The first-order valence-corrected chi connectivity index (χ1v) is 5.13. The molecule has 82 valence electrons. The number of carbonyl (C=O) groups is 1. The molecule has 0 fully saturated rings. The van der Waals surface area contributed by atoms with Crippen molar-refractivity contribution in [2.24, 2.45) is 0 Å². The zero-order valence-electron chi connectivity index (χ0n) is 8.83. The molecule has 0 aliphatic rings. The number of ketones is 1. The normalized spacial score (nSPS) is 10.6. The van der Waals surface area contributed by atoms with Gasteiger partial charge in [0.1, 0.15) is 17.5 Å². The van der Waals surface area contributed by atoms with Crippen LogP contribution < -0.4 is 0 Å². The van der Waals surface area contributed by atoms with E-state index in [0.717, 1.165) is 5.39 Å². The number of fused-ring (bicyclic) bond motifs is 1. The molecule has 1 aromatic carbocycles. The van der Waals surface area contributed by atoms with Crippen molar-refractivity contribution in [1.82, 2.24) is 9.97 Å². The molecule has 0 amide bonds. The van der Waals surface area contributed by atoms with Gasteiger partial charge in [-0.1, -0.05) is 18.2 Å². The van der Waals surface area contributed by atoms with Crippen molar-refractivity contribution in [3.8, 4) is 0 Å². The molecule has 3 aromatic rings. The average Bonchev–Trinajstić information content (AvgIpc) is 2.83. The molecule has 2 heterocycles. The Labute approximate surface area is 96.9 Å². The fraction of sp³-hybridized carbons (Fsp3) is 0. The molecule has 0 bridgehead atoms. The van der Waals surface area contributed by atoms with Crippen molar-refractivity contribution >= 4 is 16.8 Å². The Hall–Kier alpha value is -2.49. The molecule has 4 heteroatoms. The molecule has 0 unspecified atom stereocenters. The Morgan fingerprint density at radius 1 is 1.18 bits per heavy atom. The van der Waals surface area contributed by atoms with E-state index in [1.54, 1.807) is 0 Å². The van der Waals surface area contributed by atoms with Crippen LogP contribution in [0, 0.1) is 0 Å². The first kappa shape index (κ1) is 9.72. The lowest BCUT2D eigenvalue weighted by atomic mass is 10.1. The highest BCUT2D eigenvalue weighted by Crippen LogP contribution is 2.22. The van der Waals surface area contributed by atoms with Gasteiger partial charge in [-0.15, -0.1) is 0 Å². The monoisotopic (exact) mass is 224 g/mol. The van der Waals surface area contributed by atoms with Crippen LogP contribution in [0.3, 0.4) is 0 Å². The number of rotatable bonds is 2. The van der Waals surface area contributed by atoms with Gasteiger partial charge in [-0.05, 0) is 6.07 Å². The largest absolute Gasteiger partial charge is 0.464 e. The molecule has 0 N–H and O–H groups in total. The minimum absolute atomic E-state index is 0.178. The molecule has 0 aliphatic carbocycles. The molecule has 0 aliphatic heterocycles. The maximum atomic E-state index is 12.2. The van der Waals surface area contributed by atoms with Crippen molar-refractivity contribution in [3.63, 3.8) is 0 Å². The van der Waals surface area contributed by atoms with Gasteiger partial charge in [-0.25, -0.2) is 4.98 Å². The van der Waals surface area contributed by atoms with Crippen LogP contribution in [0.1, 0.15) is 16.1 Å². The van der Waals surface area contributed by atoms with Crippen LogP contribution in [0.5, 0.6) is 0 Å². The first-order chi connectivity index (χ1) is 8.36. The fourth-order valence-electron chi connectivity index (χ4n) is 1.71. The van der Waals surface area contributed by atoms with Gasteiger partial charge in [0.15, 0.2) is 0 Å². The number of benzene rings is 1. The summed E-state index contributed by atoms with van der Waals surface area (Å²) in [5.41, 5.74) is 1.53. The number of carbonyl (C=O) groups excluding carboxylic acids is 1. The predicted molar refractivity (Wildman–Crippen MR) is 61.7 cm³/mol. The molecule has 3 rings (SSSR count). The summed E-state index contributed by atoms with van der Waals surface area (Å²) in [4.78, 5) is 20.0. The summed E-state index contributed by atoms with van der Waals surface area (Å²) in [6.07, 6.45) is 5.94. The number of hydrogen-bond acceptors (Lipinski definition) is 4. The van der Waals surface area contributed by atoms with E-state index in [1.165, 1.54) is 24.9 Å². The van der Waals surface area contributed by atoms with Gasteiger partial charge in [-0.3, -0.25) is 9.78 Å². The van der Waals surface area contributed by atoms with Gasteiger partial charge in [0, 0.05) is 17.8 Å². The molecule has 0 spiro atoms. The third-order valence-electron chi connectivity index (χ3n) is 2.52. The van der Waals surface area contributed by atoms with Crippen molar-refractivity contribution < 1.29 is 9.21 Å². The van der Waals surface area contributed by atoms with E-state index in [1.807, 2.05) is 24.3 Å². The molecular formula is C13H8N2O2. The van der Waals surface area contributed by atoms with Gasteiger partial charge in [-0.2, -0.15) is 0 Å². The summed E-state index contributed by atoms with van der Waals surface area (Å²) in [7, 11) is 0. The summed E-state index contributed by atoms with van der Waals surface area (Å²) in [6.45, 7) is 0. The highest BCUT2D eigenvalue weighted by atomic mass is 16.3. The Kier molecular flexibility index (Phi) is 2.19. The summed E-state index contributed by atoms with van der Waals surface area (Å²) < 4.78 is 5.32. The molecule has 0 radical (unpaired) electrons. The maximum Gasteiger partial charge on any atom is 0.216 e. The Balaban J connectivity index is 2.14. The van der Waals surface area contributed by atoms with E-state index in [4.69, 9.17) is 4.42 Å². The highest BCUT2D eigenvalue weighted by Gasteiger charge is 2.16. The summed E-state index contributed by atoms with van der Waals surface area (Å²) in [5.74, 6) is -0.178. The van der Waals surface area contributed by atoms with Crippen molar-refractivity contribution in [2.45, 2.75) is 0 Å². The number of nitrogens with zero attached hydrogens (tertiary/aromatic N) is 2. The molecular weight excluding hydrogens is 216 g/mol. The molecule has 4 nitrogen and oxygen atoms in total. The van der Waals surface area contributed by atoms with E-state index < -0.39 is 0 Å². The predicted octanol–water partition coefficient (Wildman–Crippen LogP) is 2.45. The fourth-order valence-corrected chi connectivity index (χ4v) is 1.71. The van der Waals surface area contributed by atoms with Gasteiger partial charge in [0.05, 0.1) is 11.8 Å². The molecule has 0 saturated heterocycles. The second kappa shape index (κ2) is 3.83. The average molecular weight is 224 g/mol. The maximum absolute atomic E-state index is 12.2. The quantitative estimate of drug-likeness (QED) is 0.627. The standard InChI is InChI=1S/C13H8N2O2/c16-13(11-7-14-5-6-15-11)10-8-17-12-4-2-1-3-9(10)12/h1-8H. The SMILES string of the molecule is O=C(c1cnccn1)c1coc2ccccc12. The lowest BCUT2D eigenvalue weighted by Gasteiger charge is -1.96. The Morgan fingerprint density at radius 2 is 2.06 bits per heavy atom. The number of furan rings is 1. The first-order valence-electron chi connectivity index (χ1n) is 5.13. The van der Waals surface area contributed by atoms with Crippen LogP contribution in [0.2, 0.25) is 0 Å². The molecule has 17 heavy (non-hydrogen) atoms. The highest BCUT2D eigenvalue weighted by molar-refractivity contribution is 6.14. The van der Waals surface area contributed by atoms with Gasteiger partial charge in [0.2, 0.25) is 5.78 Å². The number of para-hydroxylation sites is 1. The van der Waals surface area contributed by atoms with Crippen molar-refractivity contribution in [3.05, 3.63) is 60.4 Å². The topological polar surface area (TPSA) is 56.0 Å². The van der Waals surface area contributed by atoms with Crippen LogP contribution in [-0.2, 0) is 0 Å². The summed E-state index contributed by atoms with van der Waals surface area (Å²) in [6, 6.07) is 7.40. The zero-order chi connectivity index (χ0) is 11.7. The van der Waals surface area contributed by atoms with Crippen LogP contribution in [-0.4, -0.2) is 15.8 Å². The van der Waals surface area contributed by atoms with Crippen LogP contribution in [0.4, 0.5) is 0 Å². The van der Waals surface area contributed by atoms with E-state index >= 15 is 0 Å². The lowest BCUT2D eigenvalue weighted by Crippen LogP contribution is -2.03. The third-order valence-corrected chi connectivity index (χ3v) is 2.52. The number of hydrogen-bond donors (Lipinski definition) is 0. The van der Waals surface area contributed by atoms with E-state index in [9.17, 15) is 4.79 Å². The summed E-state index contributed by atoms with van der Waals surface area (Å²) >= 11 is 0. The molecule has 0 atom stereocenters. The smallest absolute Gasteiger partial charge is 0.216 e. The van der Waals surface area contributed by atoms with Crippen LogP contribution >= 0.6 is 0 Å². The van der Waals surface area contributed by atoms with E-state index in [2.05, 4.69) is 9.97 Å². The van der Waals surface area contributed by atoms with Gasteiger partial charge < -0.3 is 4.42 Å². The second-order valence-corrected chi connectivity index (χ2v) is 3.57. The van der Waals surface area contributed by atoms with Crippen molar-refractivity contribution in [2.75, 3.05) is 0 Å².